The number of aryl methyl sites for hydroxylation is 2. The maximum absolute atomic E-state index is 13.2. The molecule has 2 heterocycles. The number of pyridine rings is 1. The highest BCUT2D eigenvalue weighted by Gasteiger charge is 2.34. The smallest absolute Gasteiger partial charge is 0.333 e. The number of aromatic nitrogens is 3. The molecule has 0 aliphatic rings. The molecule has 0 fully saturated rings. The standard InChI is InChI=1S/C18H15F3N4O/c1-12-16(24(2)10-22-12)14-8-9-15(18(19,20)21)23-17(14)25(11-26)13-6-4-3-5-7-13/h3-11H,1-2H3. The van der Waals surface area contributed by atoms with E-state index in [0.717, 1.165) is 11.0 Å². The second kappa shape index (κ2) is 6.62. The second-order valence-corrected chi connectivity index (χ2v) is 5.67. The van der Waals surface area contributed by atoms with Gasteiger partial charge in [0.05, 0.1) is 23.4 Å². The molecule has 0 unspecified atom stereocenters. The Morgan fingerprint density at radius 1 is 1.12 bits per heavy atom. The largest absolute Gasteiger partial charge is 0.433 e. The minimum atomic E-state index is -4.62. The summed E-state index contributed by atoms with van der Waals surface area (Å²) in [5.41, 5.74) is 0.930. The molecule has 1 aromatic carbocycles. The molecule has 0 radical (unpaired) electrons. The third-order valence-electron chi connectivity index (χ3n) is 3.91. The minimum Gasteiger partial charge on any atom is -0.333 e. The van der Waals surface area contributed by atoms with Gasteiger partial charge in [-0.05, 0) is 31.2 Å². The molecule has 0 atom stereocenters. The zero-order chi connectivity index (χ0) is 18.9. The number of anilines is 2. The van der Waals surface area contributed by atoms with Crippen molar-refractivity contribution >= 4 is 17.9 Å². The average molecular weight is 360 g/mol. The fraction of sp³-hybridized carbons (Fsp3) is 0.167. The van der Waals surface area contributed by atoms with E-state index < -0.39 is 11.9 Å². The lowest BCUT2D eigenvalue weighted by molar-refractivity contribution is -0.141. The third-order valence-corrected chi connectivity index (χ3v) is 3.91. The van der Waals surface area contributed by atoms with E-state index in [1.165, 1.54) is 6.07 Å². The van der Waals surface area contributed by atoms with Crippen LogP contribution in [0.2, 0.25) is 0 Å². The number of benzene rings is 1. The van der Waals surface area contributed by atoms with Crippen LogP contribution in [0, 0.1) is 6.92 Å². The van der Waals surface area contributed by atoms with Crippen molar-refractivity contribution in [1.29, 1.82) is 0 Å². The van der Waals surface area contributed by atoms with Crippen LogP contribution in [0.5, 0.6) is 0 Å². The van der Waals surface area contributed by atoms with Gasteiger partial charge in [0.25, 0.3) is 0 Å². The molecule has 134 valence electrons. The van der Waals surface area contributed by atoms with E-state index in [2.05, 4.69) is 9.97 Å². The summed E-state index contributed by atoms with van der Waals surface area (Å²) in [7, 11) is 1.73. The summed E-state index contributed by atoms with van der Waals surface area (Å²) in [5.74, 6) is -0.104. The summed E-state index contributed by atoms with van der Waals surface area (Å²) in [6.45, 7) is 1.74. The van der Waals surface area contributed by atoms with E-state index in [-0.39, 0.29) is 5.82 Å². The molecule has 0 bridgehead atoms. The summed E-state index contributed by atoms with van der Waals surface area (Å²) in [6.07, 6.45) is -2.62. The minimum absolute atomic E-state index is 0.104. The summed E-state index contributed by atoms with van der Waals surface area (Å²) in [6, 6.07) is 10.6. The predicted octanol–water partition coefficient (Wildman–Crippen LogP) is 4.10. The molecule has 0 aliphatic carbocycles. The lowest BCUT2D eigenvalue weighted by Gasteiger charge is -2.21. The van der Waals surface area contributed by atoms with Crippen LogP contribution >= 0.6 is 0 Å². The van der Waals surface area contributed by atoms with Gasteiger partial charge in [-0.1, -0.05) is 18.2 Å². The molecule has 3 aromatic rings. The van der Waals surface area contributed by atoms with Crippen molar-refractivity contribution in [1.82, 2.24) is 14.5 Å². The van der Waals surface area contributed by atoms with Gasteiger partial charge in [0, 0.05) is 12.6 Å². The highest BCUT2D eigenvalue weighted by Crippen LogP contribution is 2.37. The van der Waals surface area contributed by atoms with Crippen molar-refractivity contribution in [3.05, 3.63) is 60.2 Å². The van der Waals surface area contributed by atoms with Crippen molar-refractivity contribution in [3.63, 3.8) is 0 Å². The van der Waals surface area contributed by atoms with E-state index in [1.54, 1.807) is 55.2 Å². The third kappa shape index (κ3) is 3.17. The van der Waals surface area contributed by atoms with E-state index in [1.807, 2.05) is 0 Å². The molecule has 5 nitrogen and oxygen atoms in total. The van der Waals surface area contributed by atoms with Crippen LogP contribution in [0.3, 0.4) is 0 Å². The van der Waals surface area contributed by atoms with Crippen LogP contribution in [-0.2, 0) is 18.0 Å². The molecule has 2 aromatic heterocycles. The Labute approximate surface area is 147 Å². The van der Waals surface area contributed by atoms with Crippen molar-refractivity contribution < 1.29 is 18.0 Å². The Balaban J connectivity index is 2.27. The number of carbonyl (C=O) groups excluding carboxylic acids is 1. The van der Waals surface area contributed by atoms with E-state index >= 15 is 0 Å². The molecule has 0 aliphatic heterocycles. The fourth-order valence-corrected chi connectivity index (χ4v) is 2.73. The zero-order valence-electron chi connectivity index (χ0n) is 14.0. The fourth-order valence-electron chi connectivity index (χ4n) is 2.73. The van der Waals surface area contributed by atoms with Crippen LogP contribution in [0.15, 0.2) is 48.8 Å². The number of halogens is 3. The SMILES string of the molecule is Cc1ncn(C)c1-c1ccc(C(F)(F)F)nc1N(C=O)c1ccccc1. The number of nitrogens with zero attached hydrogens (tertiary/aromatic N) is 4. The molecule has 1 amide bonds. The first-order chi connectivity index (χ1) is 12.3. The molecular formula is C18H15F3N4O. The second-order valence-electron chi connectivity index (χ2n) is 5.67. The van der Waals surface area contributed by atoms with Crippen molar-refractivity contribution in [2.24, 2.45) is 7.05 Å². The number of imidazole rings is 1. The van der Waals surface area contributed by atoms with E-state index in [9.17, 15) is 18.0 Å². The summed E-state index contributed by atoms with van der Waals surface area (Å²) in [4.78, 5) is 20.8. The van der Waals surface area contributed by atoms with Crippen molar-refractivity contribution in [3.8, 4) is 11.3 Å². The van der Waals surface area contributed by atoms with Crippen LogP contribution in [0.25, 0.3) is 11.3 Å². The first-order valence-corrected chi connectivity index (χ1v) is 7.69. The first-order valence-electron chi connectivity index (χ1n) is 7.69. The number of para-hydroxylation sites is 1. The van der Waals surface area contributed by atoms with Crippen LogP contribution in [-0.4, -0.2) is 20.9 Å². The summed E-state index contributed by atoms with van der Waals surface area (Å²) < 4.78 is 41.2. The van der Waals surface area contributed by atoms with Gasteiger partial charge in [-0.2, -0.15) is 13.2 Å². The van der Waals surface area contributed by atoms with Gasteiger partial charge in [-0.15, -0.1) is 0 Å². The number of carbonyl (C=O) groups is 1. The number of amides is 1. The van der Waals surface area contributed by atoms with Gasteiger partial charge < -0.3 is 4.57 Å². The van der Waals surface area contributed by atoms with Crippen LogP contribution in [0.4, 0.5) is 24.7 Å². The van der Waals surface area contributed by atoms with Gasteiger partial charge in [-0.3, -0.25) is 9.69 Å². The highest BCUT2D eigenvalue weighted by atomic mass is 19.4. The Kier molecular flexibility index (Phi) is 4.50. The van der Waals surface area contributed by atoms with E-state index in [0.29, 0.717) is 29.0 Å². The zero-order valence-corrected chi connectivity index (χ0v) is 14.0. The maximum atomic E-state index is 13.2. The Morgan fingerprint density at radius 2 is 1.81 bits per heavy atom. The van der Waals surface area contributed by atoms with Crippen LogP contribution in [0.1, 0.15) is 11.4 Å². The Morgan fingerprint density at radius 3 is 2.35 bits per heavy atom. The molecule has 0 spiro atoms. The first kappa shape index (κ1) is 17.7. The highest BCUT2D eigenvalue weighted by molar-refractivity contribution is 5.91. The summed E-state index contributed by atoms with van der Waals surface area (Å²) >= 11 is 0. The number of alkyl halides is 3. The maximum Gasteiger partial charge on any atom is 0.433 e. The van der Waals surface area contributed by atoms with Gasteiger partial charge >= 0.3 is 6.18 Å². The quantitative estimate of drug-likeness (QED) is 0.658. The molecule has 0 saturated carbocycles. The topological polar surface area (TPSA) is 51.0 Å². The number of rotatable bonds is 4. The number of hydrogen-bond donors (Lipinski definition) is 0. The Bertz CT molecular complexity index is 916. The van der Waals surface area contributed by atoms with Crippen LogP contribution < -0.4 is 4.90 Å². The average Bonchev–Trinajstić information content (AvgIpc) is 2.94. The molecule has 0 N–H and O–H groups in total. The molecule has 8 heteroatoms. The molecular weight excluding hydrogens is 345 g/mol. The Hall–Kier alpha value is -3.16. The monoisotopic (exact) mass is 360 g/mol. The summed E-state index contributed by atoms with van der Waals surface area (Å²) in [5, 5.41) is 0. The lowest BCUT2D eigenvalue weighted by Crippen LogP contribution is -2.19. The van der Waals surface area contributed by atoms with Gasteiger partial charge in [0.1, 0.15) is 11.5 Å². The predicted molar refractivity (Wildman–Crippen MR) is 90.8 cm³/mol. The van der Waals surface area contributed by atoms with E-state index in [4.69, 9.17) is 0 Å². The lowest BCUT2D eigenvalue weighted by atomic mass is 10.1. The molecule has 3 rings (SSSR count). The van der Waals surface area contributed by atoms with Crippen molar-refractivity contribution in [2.45, 2.75) is 13.1 Å². The molecule has 0 saturated heterocycles. The van der Waals surface area contributed by atoms with Crippen molar-refractivity contribution in [2.75, 3.05) is 4.90 Å². The normalized spacial score (nSPS) is 11.4. The van der Waals surface area contributed by atoms with Gasteiger partial charge in [0.15, 0.2) is 0 Å². The van der Waals surface area contributed by atoms with Gasteiger partial charge in [0.2, 0.25) is 6.41 Å². The van der Waals surface area contributed by atoms with Gasteiger partial charge in [-0.25, -0.2) is 9.97 Å². The molecule has 26 heavy (non-hydrogen) atoms. The number of hydrogen-bond acceptors (Lipinski definition) is 3.